The molecule has 0 aromatic heterocycles. The quantitative estimate of drug-likeness (QED) is 0.678. The van der Waals surface area contributed by atoms with Crippen LogP contribution in [0.2, 0.25) is 0 Å². The van der Waals surface area contributed by atoms with E-state index in [-0.39, 0.29) is 16.9 Å². The van der Waals surface area contributed by atoms with E-state index in [2.05, 4.69) is 39.9 Å². The Morgan fingerprint density at radius 1 is 1.11 bits per heavy atom. The van der Waals surface area contributed by atoms with Gasteiger partial charge in [-0.25, -0.2) is 0 Å². The van der Waals surface area contributed by atoms with E-state index in [1.54, 1.807) is 0 Å². The Morgan fingerprint density at radius 2 is 1.67 bits per heavy atom. The summed E-state index contributed by atoms with van der Waals surface area (Å²) >= 11 is 0. The third kappa shape index (κ3) is 4.00. The Morgan fingerprint density at radius 3 is 2.00 bits per heavy atom. The summed E-state index contributed by atoms with van der Waals surface area (Å²) in [4.78, 5) is 12.5. The van der Waals surface area contributed by atoms with Crippen LogP contribution < -0.4 is 5.32 Å². The van der Waals surface area contributed by atoms with Gasteiger partial charge >= 0.3 is 0 Å². The van der Waals surface area contributed by atoms with Crippen molar-refractivity contribution >= 4 is 5.91 Å². The van der Waals surface area contributed by atoms with Gasteiger partial charge in [-0.1, -0.05) is 61.3 Å². The molecule has 1 amide bonds. The molecule has 0 aromatic carbocycles. The molecule has 0 fully saturated rings. The van der Waals surface area contributed by atoms with E-state index in [4.69, 9.17) is 0 Å². The summed E-state index contributed by atoms with van der Waals surface area (Å²) in [6.45, 7) is 15.0. The smallest absolute Gasteiger partial charge is 0.226 e. The maximum Gasteiger partial charge on any atom is 0.226 e. The van der Waals surface area contributed by atoms with Gasteiger partial charge in [0.05, 0.1) is 0 Å². The number of nitrogens with one attached hydrogen (secondary N) is 1. The number of rotatable bonds is 8. The van der Waals surface area contributed by atoms with E-state index in [1.807, 2.05) is 13.8 Å². The van der Waals surface area contributed by atoms with Crippen molar-refractivity contribution in [3.63, 3.8) is 0 Å². The zero-order valence-electron chi connectivity index (χ0n) is 13.5. The molecular formula is C16H33NO. The van der Waals surface area contributed by atoms with Crippen LogP contribution in [0.15, 0.2) is 0 Å². The van der Waals surface area contributed by atoms with E-state index >= 15 is 0 Å². The third-order valence-electron chi connectivity index (χ3n) is 4.74. The zero-order valence-corrected chi connectivity index (χ0v) is 13.5. The monoisotopic (exact) mass is 255 g/mol. The second-order valence-corrected chi connectivity index (χ2v) is 6.26. The first-order valence-corrected chi connectivity index (χ1v) is 7.62. The standard InChI is InChI=1S/C16H33NO/c1-8-12-16(11-4,13(5)9-2)17-14(18)15(6,7)10-3/h13H,8-12H2,1-7H3,(H,17,18). The van der Waals surface area contributed by atoms with Crippen molar-refractivity contribution in [2.24, 2.45) is 11.3 Å². The van der Waals surface area contributed by atoms with Gasteiger partial charge in [-0.3, -0.25) is 4.79 Å². The molecule has 0 aromatic rings. The molecule has 0 aliphatic rings. The van der Waals surface area contributed by atoms with Gasteiger partial charge in [-0.15, -0.1) is 0 Å². The first-order chi connectivity index (χ1) is 8.29. The Hall–Kier alpha value is -0.530. The number of carbonyl (C=O) groups is 1. The van der Waals surface area contributed by atoms with E-state index in [1.165, 1.54) is 0 Å². The molecule has 0 aliphatic heterocycles. The summed E-state index contributed by atoms with van der Waals surface area (Å²) in [6.07, 6.45) is 5.20. The maximum absolute atomic E-state index is 12.5. The molecule has 0 aliphatic carbocycles. The lowest BCUT2D eigenvalue weighted by Gasteiger charge is -2.41. The van der Waals surface area contributed by atoms with Crippen LogP contribution in [0.1, 0.15) is 80.6 Å². The van der Waals surface area contributed by atoms with Gasteiger partial charge in [0.25, 0.3) is 0 Å². The average Bonchev–Trinajstić information content (AvgIpc) is 2.36. The molecule has 2 heteroatoms. The number of hydrogen-bond donors (Lipinski definition) is 1. The molecule has 0 saturated heterocycles. The van der Waals surface area contributed by atoms with Gasteiger partial charge < -0.3 is 5.32 Å². The largest absolute Gasteiger partial charge is 0.350 e. The van der Waals surface area contributed by atoms with Crippen LogP contribution in [0.25, 0.3) is 0 Å². The fourth-order valence-corrected chi connectivity index (χ4v) is 2.44. The Balaban J connectivity index is 5.05. The molecule has 2 atom stereocenters. The SMILES string of the molecule is CCCC(CC)(NC(=O)C(C)(C)CC)C(C)CC. The van der Waals surface area contributed by atoms with Crippen molar-refractivity contribution < 1.29 is 4.79 Å². The van der Waals surface area contributed by atoms with Gasteiger partial charge in [0.1, 0.15) is 0 Å². The fraction of sp³-hybridized carbons (Fsp3) is 0.938. The van der Waals surface area contributed by atoms with Gasteiger partial charge in [0.15, 0.2) is 0 Å². The number of amides is 1. The van der Waals surface area contributed by atoms with Crippen molar-refractivity contribution in [1.82, 2.24) is 5.32 Å². The Kier molecular flexibility index (Phi) is 6.94. The van der Waals surface area contributed by atoms with Crippen LogP contribution in [0.5, 0.6) is 0 Å². The molecule has 0 saturated carbocycles. The molecule has 0 bridgehead atoms. The topological polar surface area (TPSA) is 29.1 Å². The lowest BCUT2D eigenvalue weighted by atomic mass is 9.76. The van der Waals surface area contributed by atoms with Crippen molar-refractivity contribution in [3.05, 3.63) is 0 Å². The van der Waals surface area contributed by atoms with Gasteiger partial charge in [-0.2, -0.15) is 0 Å². The molecule has 18 heavy (non-hydrogen) atoms. The van der Waals surface area contributed by atoms with Crippen LogP contribution in [-0.2, 0) is 4.79 Å². The van der Waals surface area contributed by atoms with Crippen LogP contribution in [0, 0.1) is 11.3 Å². The molecule has 0 rings (SSSR count). The minimum Gasteiger partial charge on any atom is -0.350 e. The highest BCUT2D eigenvalue weighted by Gasteiger charge is 2.37. The number of hydrogen-bond acceptors (Lipinski definition) is 1. The molecule has 0 heterocycles. The van der Waals surface area contributed by atoms with Crippen molar-refractivity contribution in [3.8, 4) is 0 Å². The summed E-state index contributed by atoms with van der Waals surface area (Å²) in [5, 5.41) is 3.38. The second-order valence-electron chi connectivity index (χ2n) is 6.26. The van der Waals surface area contributed by atoms with E-state index in [0.717, 1.165) is 32.1 Å². The van der Waals surface area contributed by atoms with Crippen LogP contribution in [-0.4, -0.2) is 11.4 Å². The summed E-state index contributed by atoms with van der Waals surface area (Å²) in [5.41, 5.74) is -0.283. The molecule has 2 unspecified atom stereocenters. The summed E-state index contributed by atoms with van der Waals surface area (Å²) in [6, 6.07) is 0. The highest BCUT2D eigenvalue weighted by atomic mass is 16.2. The molecule has 1 N–H and O–H groups in total. The zero-order chi connectivity index (χ0) is 14.4. The van der Waals surface area contributed by atoms with Gasteiger partial charge in [0, 0.05) is 11.0 Å². The van der Waals surface area contributed by atoms with E-state index in [9.17, 15) is 4.79 Å². The van der Waals surface area contributed by atoms with Gasteiger partial charge in [0.2, 0.25) is 5.91 Å². The lowest BCUT2D eigenvalue weighted by molar-refractivity contribution is -0.132. The summed E-state index contributed by atoms with van der Waals surface area (Å²) in [5.74, 6) is 0.736. The summed E-state index contributed by atoms with van der Waals surface area (Å²) in [7, 11) is 0. The van der Waals surface area contributed by atoms with Crippen molar-refractivity contribution in [1.29, 1.82) is 0 Å². The lowest BCUT2D eigenvalue weighted by Crippen LogP contribution is -2.55. The first kappa shape index (κ1) is 17.5. The Labute approximate surface area is 114 Å². The Bertz CT molecular complexity index is 260. The molecule has 0 radical (unpaired) electrons. The van der Waals surface area contributed by atoms with Gasteiger partial charge in [-0.05, 0) is 25.2 Å². The molecule has 108 valence electrons. The number of carbonyl (C=O) groups excluding carboxylic acids is 1. The highest BCUT2D eigenvalue weighted by molar-refractivity contribution is 5.82. The first-order valence-electron chi connectivity index (χ1n) is 7.62. The van der Waals surface area contributed by atoms with E-state index < -0.39 is 0 Å². The summed E-state index contributed by atoms with van der Waals surface area (Å²) < 4.78 is 0. The predicted octanol–water partition coefficient (Wildman–Crippen LogP) is 4.53. The minimum atomic E-state index is -0.262. The fourth-order valence-electron chi connectivity index (χ4n) is 2.44. The van der Waals surface area contributed by atoms with Crippen molar-refractivity contribution in [2.45, 2.75) is 86.1 Å². The molecule has 2 nitrogen and oxygen atoms in total. The third-order valence-corrected chi connectivity index (χ3v) is 4.74. The molecule has 0 spiro atoms. The minimum absolute atomic E-state index is 0.0208. The maximum atomic E-state index is 12.5. The predicted molar refractivity (Wildman–Crippen MR) is 79.6 cm³/mol. The van der Waals surface area contributed by atoms with E-state index in [0.29, 0.717) is 5.92 Å². The van der Waals surface area contributed by atoms with Crippen molar-refractivity contribution in [2.75, 3.05) is 0 Å². The van der Waals surface area contributed by atoms with Crippen LogP contribution in [0.3, 0.4) is 0 Å². The highest BCUT2D eigenvalue weighted by Crippen LogP contribution is 2.31. The average molecular weight is 255 g/mol. The second kappa shape index (κ2) is 7.16. The molecular weight excluding hydrogens is 222 g/mol. The normalized spacial score (nSPS) is 17.1. The van der Waals surface area contributed by atoms with Crippen LogP contribution in [0.4, 0.5) is 0 Å². The van der Waals surface area contributed by atoms with Crippen LogP contribution >= 0.6 is 0 Å².